The van der Waals surface area contributed by atoms with Crippen LogP contribution in [0.3, 0.4) is 0 Å². The second-order valence-corrected chi connectivity index (χ2v) is 6.78. The Morgan fingerprint density at radius 1 is 1.20 bits per heavy atom. The minimum Gasteiger partial charge on any atom is -0.493 e. The molecule has 0 spiro atoms. The van der Waals surface area contributed by atoms with E-state index in [1.54, 1.807) is 0 Å². The van der Waals surface area contributed by atoms with E-state index in [9.17, 15) is 0 Å². The Labute approximate surface area is 122 Å². The first-order valence-corrected chi connectivity index (χ1v) is 7.38. The first-order valence-electron chi connectivity index (χ1n) is 7.38. The summed E-state index contributed by atoms with van der Waals surface area (Å²) in [5.74, 6) is 1.48. The highest BCUT2D eigenvalue weighted by atomic mass is 16.7. The van der Waals surface area contributed by atoms with Gasteiger partial charge in [0.25, 0.3) is 0 Å². The maximum absolute atomic E-state index is 5.96. The Bertz CT molecular complexity index is 440. The molecule has 1 aromatic carbocycles. The van der Waals surface area contributed by atoms with E-state index in [-0.39, 0.29) is 11.7 Å². The molecule has 3 nitrogen and oxygen atoms in total. The summed E-state index contributed by atoms with van der Waals surface area (Å²) in [5.41, 5.74) is 2.31. The quantitative estimate of drug-likeness (QED) is 0.831. The molecule has 1 aromatic rings. The molecule has 2 rings (SSSR count). The van der Waals surface area contributed by atoms with E-state index in [4.69, 9.17) is 14.2 Å². The van der Waals surface area contributed by atoms with Crippen molar-refractivity contribution in [1.82, 2.24) is 0 Å². The van der Waals surface area contributed by atoms with Crippen LogP contribution in [0.2, 0.25) is 0 Å². The lowest BCUT2D eigenvalue weighted by atomic mass is 9.85. The number of hydrogen-bond donors (Lipinski definition) is 0. The van der Waals surface area contributed by atoms with E-state index in [1.807, 2.05) is 12.1 Å². The van der Waals surface area contributed by atoms with Gasteiger partial charge in [-0.3, -0.25) is 0 Å². The molecule has 1 saturated heterocycles. The Morgan fingerprint density at radius 2 is 1.85 bits per heavy atom. The van der Waals surface area contributed by atoms with Crippen LogP contribution < -0.4 is 4.74 Å². The molecule has 1 aliphatic rings. The fourth-order valence-corrected chi connectivity index (χ4v) is 2.21. The van der Waals surface area contributed by atoms with E-state index in [0.717, 1.165) is 17.9 Å². The summed E-state index contributed by atoms with van der Waals surface area (Å²) in [7, 11) is 0. The lowest BCUT2D eigenvalue weighted by Gasteiger charge is -2.25. The molecule has 1 heterocycles. The highest BCUT2D eigenvalue weighted by molar-refractivity contribution is 5.42. The van der Waals surface area contributed by atoms with Crippen molar-refractivity contribution in [3.05, 3.63) is 29.3 Å². The van der Waals surface area contributed by atoms with Crippen molar-refractivity contribution in [2.24, 2.45) is 5.92 Å². The van der Waals surface area contributed by atoms with Crippen LogP contribution in [0, 0.1) is 5.92 Å². The van der Waals surface area contributed by atoms with Gasteiger partial charge in [0.1, 0.15) is 5.75 Å². The van der Waals surface area contributed by atoms with Crippen molar-refractivity contribution in [2.75, 3.05) is 19.8 Å². The minimum absolute atomic E-state index is 0.0287. The highest BCUT2D eigenvalue weighted by Gasteiger charge is 2.24. The van der Waals surface area contributed by atoms with Crippen LogP contribution in [0.15, 0.2) is 18.2 Å². The average molecular weight is 278 g/mol. The molecule has 0 bridgehead atoms. The molecule has 0 unspecified atom stereocenters. The molecule has 112 valence electrons. The monoisotopic (exact) mass is 278 g/mol. The molecule has 0 saturated carbocycles. The van der Waals surface area contributed by atoms with E-state index >= 15 is 0 Å². The highest BCUT2D eigenvalue weighted by Crippen LogP contribution is 2.35. The third kappa shape index (κ3) is 3.74. The average Bonchev–Trinajstić information content (AvgIpc) is 2.88. The number of benzene rings is 1. The molecule has 0 aliphatic carbocycles. The molecule has 0 amide bonds. The molecular formula is C17H26O3. The minimum atomic E-state index is -0.227. The molecule has 1 fully saturated rings. The van der Waals surface area contributed by atoms with E-state index < -0.39 is 0 Å². The van der Waals surface area contributed by atoms with E-state index in [0.29, 0.717) is 19.1 Å². The second-order valence-electron chi connectivity index (χ2n) is 6.78. The molecule has 1 aliphatic heterocycles. The van der Waals surface area contributed by atoms with Gasteiger partial charge in [0.15, 0.2) is 6.29 Å². The maximum Gasteiger partial charge on any atom is 0.184 e. The second kappa shape index (κ2) is 6.15. The number of rotatable bonds is 4. The molecule has 3 heteroatoms. The SMILES string of the molecule is CC(C)COc1ccc(C2OCCO2)cc1C(C)(C)C. The Hall–Kier alpha value is -1.06. The van der Waals surface area contributed by atoms with Gasteiger partial charge in [-0.05, 0) is 29.0 Å². The lowest BCUT2D eigenvalue weighted by molar-refractivity contribution is -0.0442. The van der Waals surface area contributed by atoms with Crippen molar-refractivity contribution in [3.8, 4) is 5.75 Å². The summed E-state index contributed by atoms with van der Waals surface area (Å²) in [6, 6.07) is 6.25. The van der Waals surface area contributed by atoms with Gasteiger partial charge in [-0.1, -0.05) is 40.7 Å². The largest absolute Gasteiger partial charge is 0.493 e. The molecule has 0 aromatic heterocycles. The Balaban J connectivity index is 2.27. The van der Waals surface area contributed by atoms with Gasteiger partial charge in [0, 0.05) is 5.56 Å². The summed E-state index contributed by atoms with van der Waals surface area (Å²) >= 11 is 0. The van der Waals surface area contributed by atoms with Gasteiger partial charge >= 0.3 is 0 Å². The molecule has 0 N–H and O–H groups in total. The fraction of sp³-hybridized carbons (Fsp3) is 0.647. The molecule has 0 atom stereocenters. The first-order chi connectivity index (χ1) is 9.38. The lowest BCUT2D eigenvalue weighted by Crippen LogP contribution is -2.16. The predicted molar refractivity (Wildman–Crippen MR) is 80.1 cm³/mol. The standard InChI is InChI=1S/C17H26O3/c1-12(2)11-20-15-7-6-13(16-18-8-9-19-16)10-14(15)17(3,4)5/h6-7,10,12,16H,8-9,11H2,1-5H3. The van der Waals surface area contributed by atoms with Crippen molar-refractivity contribution in [2.45, 2.75) is 46.3 Å². The van der Waals surface area contributed by atoms with Crippen LogP contribution in [0.4, 0.5) is 0 Å². The third-order valence-corrected chi connectivity index (χ3v) is 3.28. The maximum atomic E-state index is 5.96. The van der Waals surface area contributed by atoms with Crippen molar-refractivity contribution >= 4 is 0 Å². The topological polar surface area (TPSA) is 27.7 Å². The van der Waals surface area contributed by atoms with Crippen LogP contribution in [-0.2, 0) is 14.9 Å². The van der Waals surface area contributed by atoms with Crippen LogP contribution in [0.5, 0.6) is 5.75 Å². The van der Waals surface area contributed by atoms with Crippen LogP contribution in [0.1, 0.15) is 52.0 Å². The van der Waals surface area contributed by atoms with Gasteiger partial charge < -0.3 is 14.2 Å². The van der Waals surface area contributed by atoms with Crippen molar-refractivity contribution in [3.63, 3.8) is 0 Å². The van der Waals surface area contributed by atoms with Crippen LogP contribution in [-0.4, -0.2) is 19.8 Å². The molecule has 20 heavy (non-hydrogen) atoms. The zero-order valence-corrected chi connectivity index (χ0v) is 13.2. The van der Waals surface area contributed by atoms with Crippen molar-refractivity contribution < 1.29 is 14.2 Å². The number of ether oxygens (including phenoxy) is 3. The Kier molecular flexibility index (Phi) is 4.71. The van der Waals surface area contributed by atoms with Gasteiger partial charge in [0.05, 0.1) is 19.8 Å². The van der Waals surface area contributed by atoms with Crippen LogP contribution in [0.25, 0.3) is 0 Å². The molecular weight excluding hydrogens is 252 g/mol. The van der Waals surface area contributed by atoms with Crippen molar-refractivity contribution in [1.29, 1.82) is 0 Å². The summed E-state index contributed by atoms with van der Waals surface area (Å²) in [4.78, 5) is 0. The summed E-state index contributed by atoms with van der Waals surface area (Å²) in [6.07, 6.45) is -0.227. The zero-order chi connectivity index (χ0) is 14.8. The predicted octanol–water partition coefficient (Wildman–Crippen LogP) is 4.06. The summed E-state index contributed by atoms with van der Waals surface area (Å²) in [6.45, 7) is 13.0. The van der Waals surface area contributed by atoms with Crippen LogP contribution >= 0.6 is 0 Å². The number of hydrogen-bond acceptors (Lipinski definition) is 3. The zero-order valence-electron chi connectivity index (χ0n) is 13.2. The smallest absolute Gasteiger partial charge is 0.184 e. The van der Waals surface area contributed by atoms with Gasteiger partial charge in [-0.2, -0.15) is 0 Å². The van der Waals surface area contributed by atoms with Gasteiger partial charge in [-0.25, -0.2) is 0 Å². The van der Waals surface area contributed by atoms with Gasteiger partial charge in [0.2, 0.25) is 0 Å². The summed E-state index contributed by atoms with van der Waals surface area (Å²) < 4.78 is 17.1. The third-order valence-electron chi connectivity index (χ3n) is 3.28. The molecule has 0 radical (unpaired) electrons. The first kappa shape index (κ1) is 15.3. The fourth-order valence-electron chi connectivity index (χ4n) is 2.21. The normalized spacial score (nSPS) is 16.9. The summed E-state index contributed by atoms with van der Waals surface area (Å²) in [5, 5.41) is 0. The van der Waals surface area contributed by atoms with Gasteiger partial charge in [-0.15, -0.1) is 0 Å². The Morgan fingerprint density at radius 3 is 2.40 bits per heavy atom. The van der Waals surface area contributed by atoms with E-state index in [2.05, 4.69) is 40.7 Å². The van der Waals surface area contributed by atoms with E-state index in [1.165, 1.54) is 5.56 Å².